The Morgan fingerprint density at radius 3 is 2.41 bits per heavy atom. The van der Waals surface area contributed by atoms with Crippen LogP contribution in [0.4, 0.5) is 19.1 Å². The number of rotatable bonds is 7. The average Bonchev–Trinajstić information content (AvgIpc) is 3.11. The van der Waals surface area contributed by atoms with E-state index in [9.17, 15) is 22.8 Å². The second-order valence-electron chi connectivity index (χ2n) is 7.60. The largest absolute Gasteiger partial charge is 0.352 e. The first kappa shape index (κ1) is 23.1. The van der Waals surface area contributed by atoms with Crippen molar-refractivity contribution in [1.82, 2.24) is 15.3 Å². The lowest BCUT2D eigenvalue weighted by atomic mass is 10.0. The molecule has 2 aromatic carbocycles. The van der Waals surface area contributed by atoms with Crippen molar-refractivity contribution in [3.05, 3.63) is 70.7 Å². The van der Waals surface area contributed by atoms with Crippen LogP contribution in [0, 0.1) is 18.7 Å². The maximum Gasteiger partial charge on any atom is 0.264 e. The quantitative estimate of drug-likeness (QED) is 0.480. The van der Waals surface area contributed by atoms with Crippen LogP contribution < -0.4 is 10.6 Å². The third-order valence-electron chi connectivity index (χ3n) is 4.84. The lowest BCUT2D eigenvalue weighted by Gasteiger charge is -2.12. The zero-order valence-corrected chi connectivity index (χ0v) is 17.8. The van der Waals surface area contributed by atoms with Crippen LogP contribution in [0.2, 0.25) is 0 Å². The minimum atomic E-state index is -2.86. The van der Waals surface area contributed by atoms with E-state index in [0.29, 0.717) is 22.5 Å². The highest BCUT2D eigenvalue weighted by atomic mass is 19.3. The fourth-order valence-corrected chi connectivity index (χ4v) is 3.09. The molecule has 0 fully saturated rings. The maximum absolute atomic E-state index is 13.5. The number of nitrogens with one attached hydrogen (secondary N) is 3. The van der Waals surface area contributed by atoms with Crippen LogP contribution in [0.5, 0.6) is 0 Å². The van der Waals surface area contributed by atoms with Gasteiger partial charge < -0.3 is 10.3 Å². The van der Waals surface area contributed by atoms with Crippen LogP contribution in [0.25, 0.3) is 11.3 Å². The molecule has 32 heavy (non-hydrogen) atoms. The van der Waals surface area contributed by atoms with Gasteiger partial charge in [-0.25, -0.2) is 18.2 Å². The number of halogens is 3. The first-order valence-electron chi connectivity index (χ1n) is 9.98. The molecule has 0 unspecified atom stereocenters. The Balaban J connectivity index is 1.83. The number of imidazole rings is 1. The molecule has 0 aliphatic carbocycles. The SMILES string of the molecule is Cc1nc(NC(=O)c2cc(CNC(=O)C(C)C)ccc2C(F)F)[nH]c1-c1ccc(F)cc1. The fourth-order valence-electron chi connectivity index (χ4n) is 3.09. The molecule has 3 N–H and O–H groups in total. The molecule has 0 spiro atoms. The Morgan fingerprint density at radius 2 is 1.78 bits per heavy atom. The van der Waals surface area contributed by atoms with E-state index in [1.54, 1.807) is 32.9 Å². The van der Waals surface area contributed by atoms with Crippen molar-refractivity contribution in [3.63, 3.8) is 0 Å². The summed E-state index contributed by atoms with van der Waals surface area (Å²) in [6.45, 7) is 5.28. The molecule has 3 aromatic rings. The monoisotopic (exact) mass is 444 g/mol. The number of benzene rings is 2. The van der Waals surface area contributed by atoms with E-state index in [2.05, 4.69) is 20.6 Å². The summed E-state index contributed by atoms with van der Waals surface area (Å²) in [7, 11) is 0. The van der Waals surface area contributed by atoms with E-state index >= 15 is 0 Å². The van der Waals surface area contributed by atoms with Crippen LogP contribution in [0.1, 0.15) is 47.5 Å². The number of aromatic amines is 1. The number of amides is 2. The summed E-state index contributed by atoms with van der Waals surface area (Å²) in [5, 5.41) is 5.20. The third-order valence-corrected chi connectivity index (χ3v) is 4.84. The molecular weight excluding hydrogens is 421 g/mol. The molecule has 168 valence electrons. The number of nitrogens with zero attached hydrogens (tertiary/aromatic N) is 1. The van der Waals surface area contributed by atoms with Crippen LogP contribution in [-0.2, 0) is 11.3 Å². The van der Waals surface area contributed by atoms with Gasteiger partial charge in [-0.1, -0.05) is 26.0 Å². The Kier molecular flexibility index (Phi) is 6.97. The first-order valence-corrected chi connectivity index (χ1v) is 9.98. The third kappa shape index (κ3) is 5.35. The Bertz CT molecular complexity index is 1120. The van der Waals surface area contributed by atoms with Gasteiger partial charge in [0.15, 0.2) is 0 Å². The lowest BCUT2D eigenvalue weighted by Crippen LogP contribution is -2.27. The molecule has 0 radical (unpaired) electrons. The molecule has 1 heterocycles. The number of carbonyl (C=O) groups excluding carboxylic acids is 2. The summed E-state index contributed by atoms with van der Waals surface area (Å²) >= 11 is 0. The molecule has 2 amide bonds. The summed E-state index contributed by atoms with van der Waals surface area (Å²) in [6.07, 6.45) is -2.86. The zero-order chi connectivity index (χ0) is 23.4. The van der Waals surface area contributed by atoms with Gasteiger partial charge in [-0.3, -0.25) is 14.9 Å². The Labute approximate surface area is 183 Å². The van der Waals surface area contributed by atoms with E-state index in [1.165, 1.54) is 30.3 Å². The summed E-state index contributed by atoms with van der Waals surface area (Å²) in [5.74, 6) is -1.49. The molecule has 1 aromatic heterocycles. The van der Waals surface area contributed by atoms with E-state index < -0.39 is 17.9 Å². The molecule has 0 bridgehead atoms. The molecule has 0 atom stereocenters. The van der Waals surface area contributed by atoms with Gasteiger partial charge in [0.25, 0.3) is 12.3 Å². The Hall–Kier alpha value is -3.62. The normalized spacial score (nSPS) is 11.1. The number of carbonyl (C=O) groups is 2. The van der Waals surface area contributed by atoms with Gasteiger partial charge in [0, 0.05) is 29.2 Å². The number of hydrogen-bond acceptors (Lipinski definition) is 3. The van der Waals surface area contributed by atoms with Gasteiger partial charge in [0.2, 0.25) is 11.9 Å². The molecule has 0 saturated carbocycles. The predicted octanol–water partition coefficient (Wildman–Crippen LogP) is 4.99. The van der Waals surface area contributed by atoms with Crippen LogP contribution in [-0.4, -0.2) is 21.8 Å². The second-order valence-corrected chi connectivity index (χ2v) is 7.60. The highest BCUT2D eigenvalue weighted by Crippen LogP contribution is 2.26. The Morgan fingerprint density at radius 1 is 1.09 bits per heavy atom. The number of alkyl halides is 2. The van der Waals surface area contributed by atoms with Gasteiger partial charge in [0.05, 0.1) is 11.4 Å². The number of aryl methyl sites for hydroxylation is 1. The molecule has 0 saturated heterocycles. The van der Waals surface area contributed by atoms with Gasteiger partial charge >= 0.3 is 0 Å². The summed E-state index contributed by atoms with van der Waals surface area (Å²) in [4.78, 5) is 31.7. The number of aromatic nitrogens is 2. The lowest BCUT2D eigenvalue weighted by molar-refractivity contribution is -0.124. The summed E-state index contributed by atoms with van der Waals surface area (Å²) in [6, 6.07) is 9.67. The van der Waals surface area contributed by atoms with E-state index in [0.717, 1.165) is 0 Å². The van der Waals surface area contributed by atoms with E-state index in [4.69, 9.17) is 0 Å². The van der Waals surface area contributed by atoms with Crippen molar-refractivity contribution >= 4 is 17.8 Å². The minimum Gasteiger partial charge on any atom is -0.352 e. The standard InChI is InChI=1S/C23H23F3N4O2/c1-12(2)21(31)27-11-14-4-9-17(20(25)26)18(10-14)22(32)30-23-28-13(3)19(29-23)15-5-7-16(24)8-6-15/h4-10,12,20H,11H2,1-3H3,(H,27,31)(H2,28,29,30,32). The predicted molar refractivity (Wildman–Crippen MR) is 115 cm³/mol. The van der Waals surface area contributed by atoms with Crippen molar-refractivity contribution in [3.8, 4) is 11.3 Å². The molecular formula is C23H23F3N4O2. The zero-order valence-electron chi connectivity index (χ0n) is 17.8. The highest BCUT2D eigenvalue weighted by molar-refractivity contribution is 6.04. The van der Waals surface area contributed by atoms with Crippen LogP contribution in [0.15, 0.2) is 42.5 Å². The van der Waals surface area contributed by atoms with Gasteiger partial charge in [-0.05, 0) is 42.8 Å². The van der Waals surface area contributed by atoms with Crippen LogP contribution >= 0.6 is 0 Å². The molecule has 3 rings (SSSR count). The van der Waals surface area contributed by atoms with E-state index in [-0.39, 0.29) is 35.7 Å². The fraction of sp³-hybridized carbons (Fsp3) is 0.261. The average molecular weight is 444 g/mol. The topological polar surface area (TPSA) is 86.9 Å². The van der Waals surface area contributed by atoms with Gasteiger partial charge in [0.1, 0.15) is 5.82 Å². The summed E-state index contributed by atoms with van der Waals surface area (Å²) in [5.41, 5.74) is 1.65. The molecule has 6 nitrogen and oxygen atoms in total. The van der Waals surface area contributed by atoms with Gasteiger partial charge in [-0.15, -0.1) is 0 Å². The maximum atomic E-state index is 13.5. The molecule has 0 aliphatic heterocycles. The van der Waals surface area contributed by atoms with Crippen molar-refractivity contribution in [2.75, 3.05) is 5.32 Å². The van der Waals surface area contributed by atoms with Gasteiger partial charge in [-0.2, -0.15) is 0 Å². The van der Waals surface area contributed by atoms with Crippen molar-refractivity contribution in [1.29, 1.82) is 0 Å². The number of hydrogen-bond donors (Lipinski definition) is 3. The second kappa shape index (κ2) is 9.67. The minimum absolute atomic E-state index is 0.0746. The van der Waals surface area contributed by atoms with E-state index in [1.807, 2.05) is 0 Å². The smallest absolute Gasteiger partial charge is 0.264 e. The first-order chi connectivity index (χ1) is 15.2. The van der Waals surface area contributed by atoms with Crippen molar-refractivity contribution in [2.24, 2.45) is 5.92 Å². The van der Waals surface area contributed by atoms with Crippen LogP contribution in [0.3, 0.4) is 0 Å². The van der Waals surface area contributed by atoms with Crippen molar-refractivity contribution in [2.45, 2.75) is 33.7 Å². The summed E-state index contributed by atoms with van der Waals surface area (Å²) < 4.78 is 40.2. The molecule has 9 heteroatoms. The van der Waals surface area contributed by atoms with Crippen molar-refractivity contribution < 1.29 is 22.8 Å². The number of anilines is 1. The number of H-pyrrole nitrogens is 1. The highest BCUT2D eigenvalue weighted by Gasteiger charge is 2.21. The molecule has 0 aliphatic rings.